The number of hydrogen-bond donors (Lipinski definition) is 2. The summed E-state index contributed by atoms with van der Waals surface area (Å²) >= 11 is 0. The van der Waals surface area contributed by atoms with Crippen LogP contribution in [0.1, 0.15) is 46.0 Å². The lowest BCUT2D eigenvalue weighted by atomic mass is 10.1. The molecule has 0 radical (unpaired) electrons. The van der Waals surface area contributed by atoms with Crippen LogP contribution in [0.25, 0.3) is 0 Å². The molecule has 2 aromatic rings. The summed E-state index contributed by atoms with van der Waals surface area (Å²) < 4.78 is 11.2. The summed E-state index contributed by atoms with van der Waals surface area (Å²) in [7, 11) is 0. The number of H-pyrrole nitrogens is 1. The van der Waals surface area contributed by atoms with Crippen LogP contribution in [-0.4, -0.2) is 66.2 Å². The van der Waals surface area contributed by atoms with Gasteiger partial charge in [-0.3, -0.25) is 19.5 Å². The summed E-state index contributed by atoms with van der Waals surface area (Å²) in [6, 6.07) is 1.83. The van der Waals surface area contributed by atoms with Gasteiger partial charge in [-0.05, 0) is 39.7 Å². The Balaban J connectivity index is 1.40. The van der Waals surface area contributed by atoms with Crippen molar-refractivity contribution in [3.8, 4) is 0 Å². The van der Waals surface area contributed by atoms with Crippen LogP contribution in [0.3, 0.4) is 0 Å². The van der Waals surface area contributed by atoms with E-state index in [2.05, 4.69) is 20.2 Å². The second-order valence-electron chi connectivity index (χ2n) is 8.43. The Labute approximate surface area is 181 Å². The van der Waals surface area contributed by atoms with E-state index in [0.29, 0.717) is 35.9 Å². The lowest BCUT2D eigenvalue weighted by Crippen LogP contribution is -2.48. The third-order valence-electron chi connectivity index (χ3n) is 6.13. The van der Waals surface area contributed by atoms with E-state index in [-0.39, 0.29) is 17.5 Å². The summed E-state index contributed by atoms with van der Waals surface area (Å²) in [4.78, 5) is 36.7. The normalized spacial score (nSPS) is 20.1. The van der Waals surface area contributed by atoms with Crippen molar-refractivity contribution >= 4 is 11.9 Å². The Morgan fingerprint density at radius 1 is 1.26 bits per heavy atom. The zero-order valence-electron chi connectivity index (χ0n) is 18.5. The van der Waals surface area contributed by atoms with Crippen molar-refractivity contribution in [1.29, 1.82) is 0 Å². The Morgan fingerprint density at radius 2 is 2.03 bits per heavy atom. The lowest BCUT2D eigenvalue weighted by molar-refractivity contribution is 0.0312. The van der Waals surface area contributed by atoms with Crippen molar-refractivity contribution in [2.75, 3.05) is 44.3 Å². The van der Waals surface area contributed by atoms with Crippen LogP contribution >= 0.6 is 0 Å². The highest BCUT2D eigenvalue weighted by Gasteiger charge is 2.25. The molecule has 2 fully saturated rings. The van der Waals surface area contributed by atoms with E-state index in [1.165, 1.54) is 0 Å². The molecule has 1 atom stereocenters. The van der Waals surface area contributed by atoms with Crippen LogP contribution in [0, 0.1) is 20.8 Å². The van der Waals surface area contributed by atoms with Gasteiger partial charge in [0.2, 0.25) is 5.95 Å². The van der Waals surface area contributed by atoms with Crippen LogP contribution in [0.2, 0.25) is 0 Å². The molecule has 2 aliphatic rings. The number of aromatic nitrogens is 2. The second kappa shape index (κ2) is 9.23. The number of morpholine rings is 1. The Kier molecular flexibility index (Phi) is 6.43. The molecule has 2 saturated heterocycles. The number of nitrogens with zero attached hydrogens (tertiary/aromatic N) is 3. The van der Waals surface area contributed by atoms with Crippen LogP contribution in [-0.2, 0) is 11.3 Å². The molecule has 0 unspecified atom stereocenters. The van der Waals surface area contributed by atoms with Crippen molar-refractivity contribution in [3.05, 3.63) is 44.8 Å². The highest BCUT2D eigenvalue weighted by molar-refractivity contribution is 5.95. The summed E-state index contributed by atoms with van der Waals surface area (Å²) in [5.41, 5.74) is 1.83. The standard InChI is InChI=1S/C22H31N5O4/c1-14-15(2)23-22(25-20(14)28)27-6-4-5-17(12-27)24-21(29)19-11-18(31-16(19)3)13-26-7-9-30-10-8-26/h11,17H,4-10,12-13H2,1-3H3,(H,24,29)(H,23,25,28)/t17-/m0/s1. The van der Waals surface area contributed by atoms with Gasteiger partial charge in [-0.2, -0.15) is 0 Å². The number of aromatic amines is 1. The highest BCUT2D eigenvalue weighted by Crippen LogP contribution is 2.20. The molecule has 31 heavy (non-hydrogen) atoms. The van der Waals surface area contributed by atoms with Crippen LogP contribution in [0.4, 0.5) is 5.95 Å². The molecule has 0 aromatic carbocycles. The van der Waals surface area contributed by atoms with E-state index in [1.54, 1.807) is 6.92 Å². The molecule has 0 spiro atoms. The number of ether oxygens (including phenoxy) is 1. The maximum atomic E-state index is 12.9. The van der Waals surface area contributed by atoms with Gasteiger partial charge >= 0.3 is 0 Å². The van der Waals surface area contributed by atoms with Crippen LogP contribution < -0.4 is 15.8 Å². The fraction of sp³-hybridized carbons (Fsp3) is 0.591. The predicted octanol–water partition coefficient (Wildman–Crippen LogP) is 1.52. The van der Waals surface area contributed by atoms with Crippen molar-refractivity contribution in [2.45, 2.75) is 46.2 Å². The zero-order chi connectivity index (χ0) is 22.0. The third kappa shape index (κ3) is 4.99. The van der Waals surface area contributed by atoms with Crippen molar-refractivity contribution in [1.82, 2.24) is 20.2 Å². The maximum Gasteiger partial charge on any atom is 0.255 e. The minimum Gasteiger partial charge on any atom is -0.464 e. The molecule has 2 N–H and O–H groups in total. The molecule has 4 heterocycles. The molecule has 0 bridgehead atoms. The zero-order valence-corrected chi connectivity index (χ0v) is 18.5. The number of piperidine rings is 1. The quantitative estimate of drug-likeness (QED) is 0.743. The molecule has 4 rings (SSSR count). The highest BCUT2D eigenvalue weighted by atomic mass is 16.5. The topological polar surface area (TPSA) is 104 Å². The summed E-state index contributed by atoms with van der Waals surface area (Å²) in [5, 5.41) is 3.14. The van der Waals surface area contributed by atoms with E-state index < -0.39 is 0 Å². The first-order valence-corrected chi connectivity index (χ1v) is 10.9. The van der Waals surface area contributed by atoms with Crippen LogP contribution in [0.5, 0.6) is 0 Å². The summed E-state index contributed by atoms with van der Waals surface area (Å²) in [6.07, 6.45) is 1.79. The van der Waals surface area contributed by atoms with Gasteiger partial charge in [0, 0.05) is 43.5 Å². The van der Waals surface area contributed by atoms with Gasteiger partial charge in [-0.25, -0.2) is 4.98 Å². The van der Waals surface area contributed by atoms with E-state index in [9.17, 15) is 9.59 Å². The fourth-order valence-electron chi connectivity index (χ4n) is 4.16. The minimum atomic E-state index is -0.122. The lowest BCUT2D eigenvalue weighted by Gasteiger charge is -2.33. The first kappa shape index (κ1) is 21.6. The Hall–Kier alpha value is -2.65. The van der Waals surface area contributed by atoms with Gasteiger partial charge in [-0.15, -0.1) is 0 Å². The molecule has 0 saturated carbocycles. The van der Waals surface area contributed by atoms with Crippen molar-refractivity contribution in [3.63, 3.8) is 0 Å². The number of furan rings is 1. The predicted molar refractivity (Wildman–Crippen MR) is 117 cm³/mol. The molecule has 2 aromatic heterocycles. The molecule has 168 valence electrons. The first-order chi connectivity index (χ1) is 14.9. The SMILES string of the molecule is Cc1nc(N2CCC[C@H](NC(=O)c3cc(CN4CCOCC4)oc3C)C2)[nH]c(=O)c1C. The van der Waals surface area contributed by atoms with E-state index >= 15 is 0 Å². The molecule has 2 aliphatic heterocycles. The average Bonchev–Trinajstić information content (AvgIpc) is 3.12. The van der Waals surface area contributed by atoms with E-state index in [1.807, 2.05) is 24.8 Å². The number of amides is 1. The largest absolute Gasteiger partial charge is 0.464 e. The molecular weight excluding hydrogens is 398 g/mol. The Bertz CT molecular complexity index is 992. The second-order valence-corrected chi connectivity index (χ2v) is 8.43. The Morgan fingerprint density at radius 3 is 2.77 bits per heavy atom. The van der Waals surface area contributed by atoms with Gasteiger partial charge in [0.1, 0.15) is 11.5 Å². The average molecular weight is 430 g/mol. The molecule has 1 amide bonds. The first-order valence-electron chi connectivity index (χ1n) is 10.9. The van der Waals surface area contributed by atoms with Gasteiger partial charge < -0.3 is 19.4 Å². The molecule has 0 aliphatic carbocycles. The maximum absolute atomic E-state index is 12.9. The van der Waals surface area contributed by atoms with Gasteiger partial charge in [-0.1, -0.05) is 0 Å². The molecular formula is C22H31N5O4. The number of carbonyl (C=O) groups is 1. The smallest absolute Gasteiger partial charge is 0.255 e. The molecule has 9 heteroatoms. The van der Waals surface area contributed by atoms with E-state index in [4.69, 9.17) is 9.15 Å². The van der Waals surface area contributed by atoms with Crippen LogP contribution in [0.15, 0.2) is 15.3 Å². The van der Waals surface area contributed by atoms with Crippen molar-refractivity contribution in [2.24, 2.45) is 0 Å². The number of carbonyl (C=O) groups excluding carboxylic acids is 1. The van der Waals surface area contributed by atoms with E-state index in [0.717, 1.165) is 57.1 Å². The summed E-state index contributed by atoms with van der Waals surface area (Å²) in [6.45, 7) is 10.7. The third-order valence-corrected chi connectivity index (χ3v) is 6.13. The summed E-state index contributed by atoms with van der Waals surface area (Å²) in [5.74, 6) is 1.88. The van der Waals surface area contributed by atoms with Gasteiger partial charge in [0.25, 0.3) is 11.5 Å². The van der Waals surface area contributed by atoms with Gasteiger partial charge in [0.15, 0.2) is 0 Å². The monoisotopic (exact) mass is 429 g/mol. The number of hydrogen-bond acceptors (Lipinski definition) is 7. The number of anilines is 1. The van der Waals surface area contributed by atoms with Crippen molar-refractivity contribution < 1.29 is 13.9 Å². The van der Waals surface area contributed by atoms with Gasteiger partial charge in [0.05, 0.1) is 25.3 Å². The fourth-order valence-corrected chi connectivity index (χ4v) is 4.16. The number of rotatable bonds is 5. The number of aryl methyl sites for hydroxylation is 2. The number of nitrogens with one attached hydrogen (secondary N) is 2. The molecule has 9 nitrogen and oxygen atoms in total. The minimum absolute atomic E-state index is 0.0230.